The summed E-state index contributed by atoms with van der Waals surface area (Å²) in [5.41, 5.74) is 2.51. The standard InChI is InChI=1S/C23H29N5O2/c1-23(2)16(15-24-21(29)9-8-17-6-4-12-27(17)3)14-20(23)26-22(30)18-7-5-13-28-19(18)10-11-25-28/h4-7,10-13,16,20H,8-9,14-15H2,1-3H3,(H,24,29)(H,26,30). The monoisotopic (exact) mass is 407 g/mol. The molecular formula is C23H29N5O2. The third-order valence-corrected chi connectivity index (χ3v) is 6.66. The second kappa shape index (κ2) is 7.97. The molecule has 1 fully saturated rings. The van der Waals surface area contributed by atoms with Crippen LogP contribution >= 0.6 is 0 Å². The number of aromatic nitrogens is 3. The van der Waals surface area contributed by atoms with Crippen molar-refractivity contribution in [3.63, 3.8) is 0 Å². The number of aryl methyl sites for hydroxylation is 2. The zero-order valence-electron chi connectivity index (χ0n) is 17.8. The summed E-state index contributed by atoms with van der Waals surface area (Å²) in [6.07, 6.45) is 7.60. The van der Waals surface area contributed by atoms with E-state index < -0.39 is 0 Å². The molecule has 0 spiro atoms. The molecule has 0 saturated heterocycles. The first-order valence-corrected chi connectivity index (χ1v) is 10.5. The Morgan fingerprint density at radius 1 is 1.20 bits per heavy atom. The van der Waals surface area contributed by atoms with Gasteiger partial charge in [0.25, 0.3) is 5.91 Å². The van der Waals surface area contributed by atoms with E-state index in [-0.39, 0.29) is 23.3 Å². The number of nitrogens with zero attached hydrogens (tertiary/aromatic N) is 3. The number of hydrogen-bond acceptors (Lipinski definition) is 3. The van der Waals surface area contributed by atoms with Crippen LogP contribution in [0.2, 0.25) is 0 Å². The van der Waals surface area contributed by atoms with Gasteiger partial charge >= 0.3 is 0 Å². The average Bonchev–Trinajstić information content (AvgIpc) is 3.36. The molecule has 7 nitrogen and oxygen atoms in total. The van der Waals surface area contributed by atoms with Crippen molar-refractivity contribution in [2.75, 3.05) is 6.54 Å². The first kappa shape index (κ1) is 20.2. The van der Waals surface area contributed by atoms with E-state index in [4.69, 9.17) is 0 Å². The minimum Gasteiger partial charge on any atom is -0.356 e. The predicted octanol–water partition coefficient (Wildman–Crippen LogP) is 2.57. The molecule has 1 aliphatic carbocycles. The van der Waals surface area contributed by atoms with Crippen molar-refractivity contribution in [3.8, 4) is 0 Å². The van der Waals surface area contributed by atoms with Gasteiger partial charge in [-0.2, -0.15) is 5.10 Å². The lowest BCUT2D eigenvalue weighted by molar-refractivity contribution is -0.122. The van der Waals surface area contributed by atoms with Crippen LogP contribution in [0.4, 0.5) is 0 Å². The number of amides is 2. The zero-order chi connectivity index (χ0) is 21.3. The van der Waals surface area contributed by atoms with Crippen LogP contribution < -0.4 is 10.6 Å². The fourth-order valence-electron chi connectivity index (χ4n) is 4.31. The van der Waals surface area contributed by atoms with Crippen LogP contribution in [0.15, 0.2) is 48.9 Å². The molecule has 2 atom stereocenters. The predicted molar refractivity (Wildman–Crippen MR) is 115 cm³/mol. The zero-order valence-corrected chi connectivity index (χ0v) is 17.8. The van der Waals surface area contributed by atoms with Gasteiger partial charge in [0.2, 0.25) is 5.91 Å². The summed E-state index contributed by atoms with van der Waals surface area (Å²) in [5.74, 6) is 0.337. The normalized spacial score (nSPS) is 20.0. The molecule has 2 unspecified atom stereocenters. The Morgan fingerprint density at radius 2 is 2.00 bits per heavy atom. The second-order valence-corrected chi connectivity index (χ2v) is 8.78. The molecule has 158 valence electrons. The largest absolute Gasteiger partial charge is 0.356 e. The van der Waals surface area contributed by atoms with E-state index in [2.05, 4.69) is 29.6 Å². The summed E-state index contributed by atoms with van der Waals surface area (Å²) in [7, 11) is 1.99. The molecule has 3 aromatic heterocycles. The summed E-state index contributed by atoms with van der Waals surface area (Å²) in [6.45, 7) is 4.95. The molecule has 0 aliphatic heterocycles. The van der Waals surface area contributed by atoms with Crippen LogP contribution in [0, 0.1) is 11.3 Å². The number of nitrogens with one attached hydrogen (secondary N) is 2. The van der Waals surface area contributed by atoms with Crippen molar-refractivity contribution in [2.24, 2.45) is 18.4 Å². The third kappa shape index (κ3) is 3.84. The first-order valence-electron chi connectivity index (χ1n) is 10.5. The molecule has 0 radical (unpaired) electrons. The lowest BCUT2D eigenvalue weighted by atomic mass is 9.58. The Bertz CT molecular complexity index is 1060. The topological polar surface area (TPSA) is 80.4 Å². The van der Waals surface area contributed by atoms with Crippen molar-refractivity contribution < 1.29 is 9.59 Å². The van der Waals surface area contributed by atoms with E-state index in [1.807, 2.05) is 54.3 Å². The van der Waals surface area contributed by atoms with Gasteiger partial charge in [-0.05, 0) is 54.5 Å². The Hall–Kier alpha value is -3.09. The van der Waals surface area contributed by atoms with Gasteiger partial charge < -0.3 is 15.2 Å². The minimum atomic E-state index is -0.0794. The summed E-state index contributed by atoms with van der Waals surface area (Å²) in [4.78, 5) is 25.1. The highest BCUT2D eigenvalue weighted by Crippen LogP contribution is 2.46. The number of fused-ring (bicyclic) bond motifs is 1. The Balaban J connectivity index is 1.27. The highest BCUT2D eigenvalue weighted by atomic mass is 16.2. The summed E-state index contributed by atoms with van der Waals surface area (Å²) >= 11 is 0. The molecule has 3 heterocycles. The average molecular weight is 408 g/mol. The van der Waals surface area contributed by atoms with E-state index in [9.17, 15) is 9.59 Å². The van der Waals surface area contributed by atoms with Crippen molar-refractivity contribution in [1.29, 1.82) is 0 Å². The fraction of sp³-hybridized carbons (Fsp3) is 0.435. The maximum atomic E-state index is 12.8. The van der Waals surface area contributed by atoms with Crippen LogP contribution in [0.3, 0.4) is 0 Å². The van der Waals surface area contributed by atoms with E-state index in [1.54, 1.807) is 10.7 Å². The molecule has 4 rings (SSSR count). The summed E-state index contributed by atoms with van der Waals surface area (Å²) in [5, 5.41) is 10.4. The maximum absolute atomic E-state index is 12.8. The SMILES string of the molecule is Cn1cccc1CCC(=O)NCC1CC(NC(=O)c2cccn3nccc23)C1(C)C. The van der Waals surface area contributed by atoms with Crippen molar-refractivity contribution in [3.05, 3.63) is 60.2 Å². The van der Waals surface area contributed by atoms with Gasteiger partial charge in [0, 0.05) is 44.1 Å². The smallest absolute Gasteiger partial charge is 0.253 e. The second-order valence-electron chi connectivity index (χ2n) is 8.78. The molecule has 3 aromatic rings. The van der Waals surface area contributed by atoms with Crippen molar-refractivity contribution in [2.45, 2.75) is 39.2 Å². The van der Waals surface area contributed by atoms with Crippen molar-refractivity contribution in [1.82, 2.24) is 24.8 Å². The minimum absolute atomic E-state index is 0.0758. The molecular weight excluding hydrogens is 378 g/mol. The van der Waals surface area contributed by atoms with E-state index in [0.717, 1.165) is 24.1 Å². The van der Waals surface area contributed by atoms with Gasteiger partial charge in [-0.15, -0.1) is 0 Å². The number of hydrogen-bond donors (Lipinski definition) is 2. The van der Waals surface area contributed by atoms with Gasteiger partial charge in [0.05, 0.1) is 17.3 Å². The Kier molecular flexibility index (Phi) is 5.37. The first-order chi connectivity index (χ1) is 14.4. The summed E-state index contributed by atoms with van der Waals surface area (Å²) < 4.78 is 3.74. The molecule has 0 aromatic carbocycles. The highest BCUT2D eigenvalue weighted by Gasteiger charge is 2.48. The van der Waals surface area contributed by atoms with Gasteiger partial charge in [-0.25, -0.2) is 4.52 Å². The van der Waals surface area contributed by atoms with Gasteiger partial charge in [0.1, 0.15) is 0 Å². The van der Waals surface area contributed by atoms with Crippen LogP contribution in [-0.2, 0) is 18.3 Å². The van der Waals surface area contributed by atoms with Crippen molar-refractivity contribution >= 4 is 17.3 Å². The molecule has 1 aliphatic rings. The third-order valence-electron chi connectivity index (χ3n) is 6.66. The Morgan fingerprint density at radius 3 is 2.73 bits per heavy atom. The highest BCUT2D eigenvalue weighted by molar-refractivity contribution is 6.00. The molecule has 2 N–H and O–H groups in total. The number of carbonyl (C=O) groups is 2. The van der Waals surface area contributed by atoms with Crippen LogP contribution in [0.1, 0.15) is 42.7 Å². The van der Waals surface area contributed by atoms with Crippen LogP contribution in [0.5, 0.6) is 0 Å². The molecule has 0 bridgehead atoms. The Labute approximate surface area is 176 Å². The van der Waals surface area contributed by atoms with Gasteiger partial charge in [-0.1, -0.05) is 13.8 Å². The number of carbonyl (C=O) groups excluding carboxylic acids is 2. The number of pyridine rings is 1. The molecule has 1 saturated carbocycles. The lowest BCUT2D eigenvalue weighted by Gasteiger charge is -2.52. The maximum Gasteiger partial charge on any atom is 0.253 e. The van der Waals surface area contributed by atoms with Crippen LogP contribution in [-0.4, -0.2) is 38.6 Å². The quantitative estimate of drug-likeness (QED) is 0.632. The van der Waals surface area contributed by atoms with Crippen LogP contribution in [0.25, 0.3) is 5.52 Å². The van der Waals surface area contributed by atoms with E-state index >= 15 is 0 Å². The van der Waals surface area contributed by atoms with Gasteiger partial charge in [0.15, 0.2) is 0 Å². The fourth-order valence-corrected chi connectivity index (χ4v) is 4.31. The van der Waals surface area contributed by atoms with E-state index in [0.29, 0.717) is 24.4 Å². The lowest BCUT2D eigenvalue weighted by Crippen LogP contribution is -2.60. The van der Waals surface area contributed by atoms with Gasteiger partial charge in [-0.3, -0.25) is 9.59 Å². The number of rotatable bonds is 7. The molecule has 30 heavy (non-hydrogen) atoms. The molecule has 7 heteroatoms. The summed E-state index contributed by atoms with van der Waals surface area (Å²) in [6, 6.07) is 9.61. The molecule has 2 amide bonds. The van der Waals surface area contributed by atoms with E-state index in [1.165, 1.54) is 0 Å².